The topological polar surface area (TPSA) is 120 Å². The van der Waals surface area contributed by atoms with Crippen molar-refractivity contribution in [2.24, 2.45) is 0 Å². The van der Waals surface area contributed by atoms with Crippen molar-refractivity contribution in [3.63, 3.8) is 0 Å². The van der Waals surface area contributed by atoms with E-state index in [0.29, 0.717) is 10.9 Å². The Morgan fingerprint density at radius 2 is 2.37 bits per heavy atom. The van der Waals surface area contributed by atoms with Gasteiger partial charge in [0.2, 0.25) is 11.1 Å². The summed E-state index contributed by atoms with van der Waals surface area (Å²) in [6.45, 7) is 0. The second-order valence-corrected chi connectivity index (χ2v) is 4.50. The van der Waals surface area contributed by atoms with Gasteiger partial charge in [-0.3, -0.25) is 10.1 Å². The maximum Gasteiger partial charge on any atom is 0.311 e. The normalized spacial score (nSPS) is 10.4. The molecule has 19 heavy (non-hydrogen) atoms. The van der Waals surface area contributed by atoms with Crippen LogP contribution < -0.4 is 10.5 Å². The van der Waals surface area contributed by atoms with Crippen molar-refractivity contribution in [2.45, 2.75) is 10.9 Å². The van der Waals surface area contributed by atoms with Gasteiger partial charge in [0, 0.05) is 11.8 Å². The minimum Gasteiger partial charge on any atom is -0.490 e. The summed E-state index contributed by atoms with van der Waals surface area (Å²) in [4.78, 5) is 14.3. The summed E-state index contributed by atoms with van der Waals surface area (Å²) in [6, 6.07) is 4.80. The standard InChI is InChI=1S/C10H11N5O3S/c1-18-8-3-2-6(4-7(8)15(16)17)5-19-10-12-9(11)13-14-10/h2-4H,5H2,1H3,(H3,11,12,13,14). The first-order chi connectivity index (χ1) is 9.10. The van der Waals surface area contributed by atoms with Crippen molar-refractivity contribution in [3.8, 4) is 5.75 Å². The van der Waals surface area contributed by atoms with Gasteiger partial charge >= 0.3 is 5.69 Å². The number of nitrogens with one attached hydrogen (secondary N) is 1. The number of H-pyrrole nitrogens is 1. The average Bonchev–Trinajstić information content (AvgIpc) is 2.81. The molecular formula is C10H11N5O3S. The van der Waals surface area contributed by atoms with Crippen LogP contribution in [0.25, 0.3) is 0 Å². The quantitative estimate of drug-likeness (QED) is 0.485. The van der Waals surface area contributed by atoms with Gasteiger partial charge in [-0.25, -0.2) is 5.10 Å². The molecule has 1 heterocycles. The van der Waals surface area contributed by atoms with Crippen LogP contribution in [-0.4, -0.2) is 27.2 Å². The molecule has 0 saturated heterocycles. The van der Waals surface area contributed by atoms with E-state index in [2.05, 4.69) is 15.2 Å². The molecule has 2 aromatic rings. The molecule has 0 amide bonds. The zero-order valence-electron chi connectivity index (χ0n) is 9.99. The van der Waals surface area contributed by atoms with Crippen molar-refractivity contribution in [3.05, 3.63) is 33.9 Å². The number of nitrogens with two attached hydrogens (primary N) is 1. The van der Waals surface area contributed by atoms with Gasteiger partial charge in [0.05, 0.1) is 12.0 Å². The fourth-order valence-corrected chi connectivity index (χ4v) is 2.19. The maximum atomic E-state index is 10.9. The Morgan fingerprint density at radius 1 is 1.58 bits per heavy atom. The van der Waals surface area contributed by atoms with Gasteiger partial charge in [0.1, 0.15) is 0 Å². The molecule has 0 aliphatic heterocycles. The number of nitrogen functional groups attached to an aromatic ring is 1. The molecule has 0 aliphatic carbocycles. The van der Waals surface area contributed by atoms with Crippen molar-refractivity contribution in [2.75, 3.05) is 12.8 Å². The molecule has 0 saturated carbocycles. The summed E-state index contributed by atoms with van der Waals surface area (Å²) in [6.07, 6.45) is 0. The van der Waals surface area contributed by atoms with Gasteiger partial charge in [-0.05, 0) is 11.6 Å². The zero-order valence-corrected chi connectivity index (χ0v) is 10.8. The van der Waals surface area contributed by atoms with Gasteiger partial charge in [-0.15, -0.1) is 5.10 Å². The van der Waals surface area contributed by atoms with Gasteiger partial charge in [-0.1, -0.05) is 17.8 Å². The monoisotopic (exact) mass is 281 g/mol. The van der Waals surface area contributed by atoms with Crippen LogP contribution in [0.15, 0.2) is 23.4 Å². The lowest BCUT2D eigenvalue weighted by atomic mass is 10.2. The highest BCUT2D eigenvalue weighted by atomic mass is 32.2. The van der Waals surface area contributed by atoms with Crippen LogP contribution in [0.5, 0.6) is 5.75 Å². The van der Waals surface area contributed by atoms with E-state index in [9.17, 15) is 10.1 Å². The lowest BCUT2D eigenvalue weighted by molar-refractivity contribution is -0.385. The molecule has 0 spiro atoms. The van der Waals surface area contributed by atoms with E-state index in [4.69, 9.17) is 10.5 Å². The molecule has 1 aromatic heterocycles. The second-order valence-electron chi connectivity index (χ2n) is 3.56. The van der Waals surface area contributed by atoms with Crippen molar-refractivity contribution >= 4 is 23.4 Å². The van der Waals surface area contributed by atoms with Crippen LogP contribution in [0.3, 0.4) is 0 Å². The summed E-state index contributed by atoms with van der Waals surface area (Å²) < 4.78 is 4.93. The first kappa shape index (κ1) is 13.1. The highest BCUT2D eigenvalue weighted by Crippen LogP contribution is 2.29. The second kappa shape index (κ2) is 5.57. The van der Waals surface area contributed by atoms with Gasteiger partial charge in [0.15, 0.2) is 5.75 Å². The predicted octanol–water partition coefficient (Wildman–Crippen LogP) is 1.60. The Kier molecular flexibility index (Phi) is 3.85. The Hall–Kier alpha value is -2.29. The third-order valence-corrected chi connectivity index (χ3v) is 3.21. The van der Waals surface area contributed by atoms with Crippen molar-refractivity contribution in [1.82, 2.24) is 15.2 Å². The Labute approximate surface area is 112 Å². The third kappa shape index (κ3) is 3.13. The first-order valence-electron chi connectivity index (χ1n) is 5.22. The van der Waals surface area contributed by atoms with Crippen LogP contribution in [0.4, 0.5) is 11.6 Å². The molecule has 2 rings (SSSR count). The molecule has 0 aliphatic rings. The van der Waals surface area contributed by atoms with Crippen molar-refractivity contribution < 1.29 is 9.66 Å². The molecule has 0 atom stereocenters. The number of nitro groups is 1. The highest BCUT2D eigenvalue weighted by Gasteiger charge is 2.15. The number of methoxy groups -OCH3 is 1. The number of thioether (sulfide) groups is 1. The molecule has 100 valence electrons. The number of nitrogens with zero attached hydrogens (tertiary/aromatic N) is 3. The van der Waals surface area contributed by atoms with E-state index in [1.807, 2.05) is 0 Å². The van der Waals surface area contributed by atoms with E-state index in [-0.39, 0.29) is 17.4 Å². The Morgan fingerprint density at radius 3 is 2.95 bits per heavy atom. The minimum absolute atomic E-state index is 0.0601. The number of aromatic nitrogens is 3. The van der Waals surface area contributed by atoms with Gasteiger partial charge < -0.3 is 10.5 Å². The minimum atomic E-state index is -0.474. The molecule has 9 heteroatoms. The molecule has 0 bridgehead atoms. The summed E-state index contributed by atoms with van der Waals surface area (Å²) >= 11 is 1.33. The number of hydrogen-bond donors (Lipinski definition) is 2. The average molecular weight is 281 g/mol. The van der Waals surface area contributed by atoms with Gasteiger partial charge in [-0.2, -0.15) is 4.98 Å². The molecule has 0 unspecified atom stereocenters. The number of nitro benzene ring substituents is 1. The Bertz CT molecular complexity index is 601. The van der Waals surface area contributed by atoms with E-state index in [0.717, 1.165) is 5.56 Å². The highest BCUT2D eigenvalue weighted by molar-refractivity contribution is 7.98. The summed E-state index contributed by atoms with van der Waals surface area (Å²) in [5.74, 6) is 0.978. The number of anilines is 1. The van der Waals surface area contributed by atoms with Crippen LogP contribution >= 0.6 is 11.8 Å². The smallest absolute Gasteiger partial charge is 0.311 e. The van der Waals surface area contributed by atoms with Gasteiger partial charge in [0.25, 0.3) is 0 Å². The van der Waals surface area contributed by atoms with Crippen LogP contribution in [0.2, 0.25) is 0 Å². The molecule has 1 aromatic carbocycles. The number of benzene rings is 1. The number of hydrogen-bond acceptors (Lipinski definition) is 7. The summed E-state index contributed by atoms with van der Waals surface area (Å²) in [5.41, 5.74) is 6.12. The van der Waals surface area contributed by atoms with E-state index in [1.54, 1.807) is 12.1 Å². The predicted molar refractivity (Wildman–Crippen MR) is 70.0 cm³/mol. The fourth-order valence-electron chi connectivity index (χ4n) is 1.44. The molecule has 0 radical (unpaired) electrons. The van der Waals surface area contributed by atoms with E-state index in [1.165, 1.54) is 24.9 Å². The molecule has 0 fully saturated rings. The summed E-state index contributed by atoms with van der Waals surface area (Å²) in [5, 5.41) is 17.8. The molecule has 8 nitrogen and oxygen atoms in total. The number of ether oxygens (including phenoxy) is 1. The molecular weight excluding hydrogens is 270 g/mol. The maximum absolute atomic E-state index is 10.9. The Balaban J connectivity index is 2.12. The van der Waals surface area contributed by atoms with Crippen LogP contribution in [-0.2, 0) is 5.75 Å². The third-order valence-electron chi connectivity index (χ3n) is 2.29. The fraction of sp³-hybridized carbons (Fsp3) is 0.200. The molecule has 3 N–H and O–H groups in total. The summed E-state index contributed by atoms with van der Waals surface area (Å²) in [7, 11) is 1.40. The van der Waals surface area contributed by atoms with E-state index >= 15 is 0 Å². The SMILES string of the molecule is COc1ccc(CSc2n[nH]c(N)n2)cc1[N+](=O)[O-]. The number of aromatic amines is 1. The lowest BCUT2D eigenvalue weighted by Crippen LogP contribution is -1.95. The number of rotatable bonds is 5. The lowest BCUT2D eigenvalue weighted by Gasteiger charge is -2.03. The van der Waals surface area contributed by atoms with E-state index < -0.39 is 4.92 Å². The first-order valence-corrected chi connectivity index (χ1v) is 6.20. The zero-order chi connectivity index (χ0) is 13.8. The van der Waals surface area contributed by atoms with Crippen LogP contribution in [0, 0.1) is 10.1 Å². The largest absolute Gasteiger partial charge is 0.490 e. The van der Waals surface area contributed by atoms with Crippen LogP contribution in [0.1, 0.15) is 5.56 Å². The van der Waals surface area contributed by atoms with Crippen molar-refractivity contribution in [1.29, 1.82) is 0 Å².